The van der Waals surface area contributed by atoms with Crippen molar-refractivity contribution in [2.24, 2.45) is 0 Å². The molecule has 0 bridgehead atoms. The van der Waals surface area contributed by atoms with E-state index in [2.05, 4.69) is 12.2 Å². The number of hydrogen-bond donors (Lipinski definition) is 1. The fourth-order valence-electron chi connectivity index (χ4n) is 1.61. The van der Waals surface area contributed by atoms with Crippen LogP contribution >= 0.6 is 11.6 Å². The molecule has 1 rings (SSSR count). The van der Waals surface area contributed by atoms with Crippen LogP contribution < -0.4 is 5.32 Å². The molecule has 3 heteroatoms. The van der Waals surface area contributed by atoms with Gasteiger partial charge < -0.3 is 5.32 Å². The highest BCUT2D eigenvalue weighted by atomic mass is 35.5. The van der Waals surface area contributed by atoms with Crippen LogP contribution in [0.5, 0.6) is 0 Å². The standard InChI is InChI=1S/C13H19ClFN/c1-2-3-4-5-6-10-16-13-11(14)8-7-9-12(13)15/h7-9,16H,2-6,10H2,1H3. The fraction of sp³-hybridized carbons (Fsp3) is 0.538. The Labute approximate surface area is 102 Å². The zero-order valence-electron chi connectivity index (χ0n) is 9.73. The lowest BCUT2D eigenvalue weighted by Gasteiger charge is -2.08. The molecule has 0 amide bonds. The molecule has 0 aromatic heterocycles. The maximum atomic E-state index is 13.3. The van der Waals surface area contributed by atoms with Crippen LogP contribution in [0.25, 0.3) is 0 Å². The lowest BCUT2D eigenvalue weighted by atomic mass is 10.1. The van der Waals surface area contributed by atoms with Gasteiger partial charge in [-0.2, -0.15) is 0 Å². The van der Waals surface area contributed by atoms with Gasteiger partial charge in [-0.25, -0.2) is 4.39 Å². The summed E-state index contributed by atoms with van der Waals surface area (Å²) in [5, 5.41) is 3.50. The minimum Gasteiger partial charge on any atom is -0.381 e. The number of rotatable bonds is 7. The molecule has 16 heavy (non-hydrogen) atoms. The normalized spacial score (nSPS) is 10.4. The molecule has 1 aromatic rings. The molecule has 0 aliphatic carbocycles. The first kappa shape index (κ1) is 13.3. The molecule has 1 N–H and O–H groups in total. The predicted octanol–water partition coefficient (Wildman–Crippen LogP) is 4.86. The van der Waals surface area contributed by atoms with E-state index in [1.807, 2.05) is 0 Å². The van der Waals surface area contributed by atoms with Gasteiger partial charge in [-0.15, -0.1) is 0 Å². The average molecular weight is 244 g/mol. The Morgan fingerprint density at radius 2 is 1.94 bits per heavy atom. The Hall–Kier alpha value is -0.760. The number of unbranched alkanes of at least 4 members (excludes halogenated alkanes) is 4. The third kappa shape index (κ3) is 4.40. The van der Waals surface area contributed by atoms with Gasteiger partial charge in [0.2, 0.25) is 0 Å². The van der Waals surface area contributed by atoms with Crippen LogP contribution in [0.3, 0.4) is 0 Å². The first-order chi connectivity index (χ1) is 7.75. The van der Waals surface area contributed by atoms with Crippen LogP contribution in [-0.4, -0.2) is 6.54 Å². The monoisotopic (exact) mass is 243 g/mol. The number of anilines is 1. The van der Waals surface area contributed by atoms with Gasteiger partial charge in [0.05, 0.1) is 10.7 Å². The Balaban J connectivity index is 2.26. The number of para-hydroxylation sites is 1. The van der Waals surface area contributed by atoms with E-state index < -0.39 is 0 Å². The van der Waals surface area contributed by atoms with E-state index in [1.54, 1.807) is 12.1 Å². The second-order valence-electron chi connectivity index (χ2n) is 3.94. The summed E-state index contributed by atoms with van der Waals surface area (Å²) < 4.78 is 13.3. The topological polar surface area (TPSA) is 12.0 Å². The van der Waals surface area contributed by atoms with E-state index in [-0.39, 0.29) is 5.82 Å². The van der Waals surface area contributed by atoms with E-state index in [1.165, 1.54) is 31.7 Å². The molecule has 1 aromatic carbocycles. The van der Waals surface area contributed by atoms with Gasteiger partial charge in [0.25, 0.3) is 0 Å². The summed E-state index contributed by atoms with van der Waals surface area (Å²) >= 11 is 5.89. The molecule has 0 saturated heterocycles. The molecule has 0 atom stereocenters. The van der Waals surface area contributed by atoms with Crippen molar-refractivity contribution >= 4 is 17.3 Å². The van der Waals surface area contributed by atoms with E-state index in [0.717, 1.165) is 13.0 Å². The third-order valence-corrected chi connectivity index (χ3v) is 2.86. The summed E-state index contributed by atoms with van der Waals surface area (Å²) in [5.74, 6) is -0.277. The average Bonchev–Trinajstić information content (AvgIpc) is 2.26. The molecular weight excluding hydrogens is 225 g/mol. The maximum absolute atomic E-state index is 13.3. The molecule has 0 fully saturated rings. The molecule has 0 aliphatic rings. The Kier molecular flexibility index (Phi) is 6.24. The van der Waals surface area contributed by atoms with Crippen LogP contribution in [-0.2, 0) is 0 Å². The molecular formula is C13H19ClFN. The van der Waals surface area contributed by atoms with Gasteiger partial charge in [-0.1, -0.05) is 50.3 Å². The zero-order valence-corrected chi connectivity index (χ0v) is 10.5. The van der Waals surface area contributed by atoms with Crippen molar-refractivity contribution in [2.45, 2.75) is 39.0 Å². The van der Waals surface area contributed by atoms with Crippen molar-refractivity contribution in [1.29, 1.82) is 0 Å². The zero-order chi connectivity index (χ0) is 11.8. The Morgan fingerprint density at radius 3 is 2.62 bits per heavy atom. The van der Waals surface area contributed by atoms with Gasteiger partial charge >= 0.3 is 0 Å². The predicted molar refractivity (Wildman–Crippen MR) is 68.7 cm³/mol. The Bertz CT molecular complexity index is 295. The fourth-order valence-corrected chi connectivity index (χ4v) is 1.84. The highest BCUT2D eigenvalue weighted by molar-refractivity contribution is 6.33. The first-order valence-electron chi connectivity index (χ1n) is 5.93. The van der Waals surface area contributed by atoms with E-state index in [4.69, 9.17) is 11.6 Å². The van der Waals surface area contributed by atoms with Crippen LogP contribution in [0.2, 0.25) is 5.02 Å². The van der Waals surface area contributed by atoms with Crippen molar-refractivity contribution in [3.05, 3.63) is 29.0 Å². The van der Waals surface area contributed by atoms with Gasteiger partial charge in [-0.3, -0.25) is 0 Å². The molecule has 0 aliphatic heterocycles. The highest BCUT2D eigenvalue weighted by Gasteiger charge is 2.04. The van der Waals surface area contributed by atoms with Crippen LogP contribution in [0.1, 0.15) is 39.0 Å². The summed E-state index contributed by atoms with van der Waals surface area (Å²) in [7, 11) is 0. The molecule has 0 heterocycles. The highest BCUT2D eigenvalue weighted by Crippen LogP contribution is 2.24. The van der Waals surface area contributed by atoms with Gasteiger partial charge in [0.1, 0.15) is 5.82 Å². The second-order valence-corrected chi connectivity index (χ2v) is 4.34. The number of halogens is 2. The summed E-state index contributed by atoms with van der Waals surface area (Å²) in [5.41, 5.74) is 0.430. The lowest BCUT2D eigenvalue weighted by Crippen LogP contribution is -2.03. The van der Waals surface area contributed by atoms with Crippen molar-refractivity contribution in [3.63, 3.8) is 0 Å². The summed E-state index contributed by atoms with van der Waals surface area (Å²) in [6, 6.07) is 4.74. The molecule has 90 valence electrons. The summed E-state index contributed by atoms with van der Waals surface area (Å²) in [4.78, 5) is 0. The Morgan fingerprint density at radius 1 is 1.19 bits per heavy atom. The number of benzene rings is 1. The van der Waals surface area contributed by atoms with Gasteiger partial charge in [0.15, 0.2) is 0 Å². The van der Waals surface area contributed by atoms with Crippen LogP contribution in [0.15, 0.2) is 18.2 Å². The summed E-state index contributed by atoms with van der Waals surface area (Å²) in [6.07, 6.45) is 6.02. The van der Waals surface area contributed by atoms with Crippen LogP contribution in [0, 0.1) is 5.82 Å². The van der Waals surface area contributed by atoms with Gasteiger partial charge in [-0.05, 0) is 18.6 Å². The van der Waals surface area contributed by atoms with Crippen molar-refractivity contribution in [1.82, 2.24) is 0 Å². The molecule has 0 unspecified atom stereocenters. The van der Waals surface area contributed by atoms with Gasteiger partial charge in [0, 0.05) is 6.54 Å². The largest absolute Gasteiger partial charge is 0.381 e. The van der Waals surface area contributed by atoms with E-state index >= 15 is 0 Å². The van der Waals surface area contributed by atoms with Crippen molar-refractivity contribution in [2.75, 3.05) is 11.9 Å². The molecule has 1 nitrogen and oxygen atoms in total. The lowest BCUT2D eigenvalue weighted by molar-refractivity contribution is 0.624. The summed E-state index contributed by atoms with van der Waals surface area (Å²) in [6.45, 7) is 2.97. The minimum absolute atomic E-state index is 0.277. The number of nitrogens with one attached hydrogen (secondary N) is 1. The first-order valence-corrected chi connectivity index (χ1v) is 6.31. The number of hydrogen-bond acceptors (Lipinski definition) is 1. The van der Waals surface area contributed by atoms with E-state index in [9.17, 15) is 4.39 Å². The molecule has 0 radical (unpaired) electrons. The smallest absolute Gasteiger partial charge is 0.147 e. The quantitative estimate of drug-likeness (QED) is 0.675. The maximum Gasteiger partial charge on any atom is 0.147 e. The molecule has 0 saturated carbocycles. The van der Waals surface area contributed by atoms with Crippen molar-refractivity contribution < 1.29 is 4.39 Å². The second kappa shape index (κ2) is 7.50. The van der Waals surface area contributed by atoms with Crippen molar-refractivity contribution in [3.8, 4) is 0 Å². The minimum atomic E-state index is -0.277. The third-order valence-electron chi connectivity index (χ3n) is 2.54. The SMILES string of the molecule is CCCCCCCNc1c(F)cccc1Cl. The van der Waals surface area contributed by atoms with E-state index in [0.29, 0.717) is 10.7 Å². The van der Waals surface area contributed by atoms with Crippen LogP contribution in [0.4, 0.5) is 10.1 Å². The molecule has 0 spiro atoms.